The van der Waals surface area contributed by atoms with E-state index in [1.54, 1.807) is 36.4 Å². The third kappa shape index (κ3) is 8.63. The summed E-state index contributed by atoms with van der Waals surface area (Å²) < 4.78 is 5.14. The maximum atomic E-state index is 14.4. The molecule has 10 heteroatoms. The van der Waals surface area contributed by atoms with Crippen molar-refractivity contribution in [3.63, 3.8) is 0 Å². The second-order valence-electron chi connectivity index (χ2n) is 10.5. The first-order chi connectivity index (χ1) is 19.7. The molecule has 3 N–H and O–H groups in total. The monoisotopic (exact) mass is 629 g/mol. The van der Waals surface area contributed by atoms with Crippen LogP contribution in [0.5, 0.6) is 0 Å². The summed E-state index contributed by atoms with van der Waals surface area (Å²) in [5, 5.41) is 13.4. The van der Waals surface area contributed by atoms with Gasteiger partial charge in [0.15, 0.2) is 12.1 Å². The van der Waals surface area contributed by atoms with E-state index in [0.29, 0.717) is 37.7 Å². The minimum atomic E-state index is -1.49. The SMILES string of the molecule is COC(=O)[C@H](Cc1ccccc1)N(C(=O)CCCCCBr)N(C(=O)C1(N)CCCC1)C(Cc1ccccc1)C(=O)O. The highest BCUT2D eigenvalue weighted by molar-refractivity contribution is 9.09. The number of ether oxygens (including phenoxy) is 1. The molecule has 1 aliphatic carbocycles. The zero-order valence-electron chi connectivity index (χ0n) is 23.5. The minimum Gasteiger partial charge on any atom is -0.480 e. The fourth-order valence-electron chi connectivity index (χ4n) is 5.30. The number of methoxy groups -OCH3 is 1. The molecule has 0 aliphatic heterocycles. The van der Waals surface area contributed by atoms with Gasteiger partial charge >= 0.3 is 11.9 Å². The van der Waals surface area contributed by atoms with E-state index in [0.717, 1.165) is 33.8 Å². The normalized spacial score (nSPS) is 15.5. The molecule has 0 bridgehead atoms. The number of carbonyl (C=O) groups is 4. The Labute approximate surface area is 250 Å². The molecule has 2 aromatic carbocycles. The average molecular weight is 631 g/mol. The lowest BCUT2D eigenvalue weighted by atomic mass is 9.95. The predicted octanol–water partition coefficient (Wildman–Crippen LogP) is 4.27. The number of carboxylic acids is 1. The van der Waals surface area contributed by atoms with Crippen molar-refractivity contribution in [2.24, 2.45) is 5.73 Å². The van der Waals surface area contributed by atoms with Gasteiger partial charge in [0.2, 0.25) is 5.91 Å². The Morgan fingerprint density at radius 1 is 0.878 bits per heavy atom. The third-order valence-corrected chi connectivity index (χ3v) is 8.09. The molecule has 2 atom stereocenters. The predicted molar refractivity (Wildman–Crippen MR) is 159 cm³/mol. The van der Waals surface area contributed by atoms with Crippen LogP contribution in [-0.2, 0) is 36.8 Å². The molecule has 3 rings (SSSR count). The quantitative estimate of drug-likeness (QED) is 0.138. The van der Waals surface area contributed by atoms with Crippen molar-refractivity contribution in [2.45, 2.75) is 81.8 Å². The van der Waals surface area contributed by atoms with Gasteiger partial charge in [-0.3, -0.25) is 9.59 Å². The standard InChI is InChI=1S/C31H40BrN3O6/c1-41-29(39)26(22-24-15-7-3-8-16-24)34(27(36)17-9-4-12-20-32)35(30(40)31(33)18-10-11-19-31)25(28(37)38)21-23-13-5-2-6-14-23/h2-3,5-8,13-16,25-26H,4,9-12,17-22,33H2,1H3,(H,37,38)/t25?,26-/m0/s1. The number of alkyl halides is 1. The number of carboxylic acid groups (broad SMARTS) is 1. The van der Waals surface area contributed by atoms with Crippen LogP contribution in [0.3, 0.4) is 0 Å². The molecule has 9 nitrogen and oxygen atoms in total. The summed E-state index contributed by atoms with van der Waals surface area (Å²) in [5.41, 5.74) is 6.67. The van der Waals surface area contributed by atoms with Gasteiger partial charge in [-0.2, -0.15) is 0 Å². The molecule has 1 unspecified atom stereocenters. The Bertz CT molecular complexity index is 1160. The molecule has 0 saturated heterocycles. The van der Waals surface area contributed by atoms with E-state index in [2.05, 4.69) is 15.9 Å². The van der Waals surface area contributed by atoms with Crippen LogP contribution in [-0.4, -0.2) is 68.9 Å². The molecule has 0 spiro atoms. The first-order valence-electron chi connectivity index (χ1n) is 14.1. The van der Waals surface area contributed by atoms with Gasteiger partial charge in [0, 0.05) is 24.6 Å². The number of hydrazine groups is 1. The number of halogens is 1. The average Bonchev–Trinajstić information content (AvgIpc) is 3.44. The van der Waals surface area contributed by atoms with Crippen LogP contribution in [0.25, 0.3) is 0 Å². The molecule has 0 aromatic heterocycles. The van der Waals surface area contributed by atoms with E-state index in [-0.39, 0.29) is 19.3 Å². The maximum absolute atomic E-state index is 14.4. The fourth-order valence-corrected chi connectivity index (χ4v) is 5.70. The molecule has 2 aromatic rings. The molecule has 41 heavy (non-hydrogen) atoms. The van der Waals surface area contributed by atoms with E-state index in [1.807, 2.05) is 24.3 Å². The lowest BCUT2D eigenvalue weighted by Crippen LogP contribution is -2.68. The Morgan fingerprint density at radius 3 is 1.90 bits per heavy atom. The molecule has 1 saturated carbocycles. The summed E-state index contributed by atoms with van der Waals surface area (Å²) in [4.78, 5) is 54.8. The Hall–Kier alpha value is -3.24. The van der Waals surface area contributed by atoms with Crippen LogP contribution >= 0.6 is 15.9 Å². The van der Waals surface area contributed by atoms with Crippen LogP contribution in [0.15, 0.2) is 60.7 Å². The number of nitrogens with two attached hydrogens (primary N) is 1. The zero-order valence-corrected chi connectivity index (χ0v) is 25.1. The molecule has 1 aliphatic rings. The van der Waals surface area contributed by atoms with Crippen molar-refractivity contribution < 1.29 is 29.0 Å². The van der Waals surface area contributed by atoms with Crippen LogP contribution in [0.4, 0.5) is 0 Å². The van der Waals surface area contributed by atoms with Gasteiger partial charge in [-0.25, -0.2) is 19.6 Å². The molecular weight excluding hydrogens is 590 g/mol. The van der Waals surface area contributed by atoms with Gasteiger partial charge in [-0.05, 0) is 36.8 Å². The molecule has 2 amide bonds. The van der Waals surface area contributed by atoms with E-state index in [4.69, 9.17) is 10.5 Å². The number of amides is 2. The van der Waals surface area contributed by atoms with E-state index in [1.165, 1.54) is 7.11 Å². The number of rotatable bonds is 14. The molecule has 222 valence electrons. The lowest BCUT2D eigenvalue weighted by Gasteiger charge is -2.45. The number of nitrogens with zero attached hydrogens (tertiary/aromatic N) is 2. The topological polar surface area (TPSA) is 130 Å². The Morgan fingerprint density at radius 2 is 1.41 bits per heavy atom. The first-order valence-corrected chi connectivity index (χ1v) is 15.2. The highest BCUT2D eigenvalue weighted by Crippen LogP contribution is 2.32. The van der Waals surface area contributed by atoms with Gasteiger partial charge in [0.25, 0.3) is 5.91 Å². The second-order valence-corrected chi connectivity index (χ2v) is 11.3. The Balaban J connectivity index is 2.17. The van der Waals surface area contributed by atoms with Gasteiger partial charge in [-0.1, -0.05) is 95.9 Å². The van der Waals surface area contributed by atoms with Crippen LogP contribution < -0.4 is 5.73 Å². The summed E-state index contributed by atoms with van der Waals surface area (Å²) in [6.07, 6.45) is 4.19. The number of benzene rings is 2. The largest absolute Gasteiger partial charge is 0.480 e. The van der Waals surface area contributed by atoms with E-state index < -0.39 is 41.4 Å². The first kappa shape index (κ1) is 32.3. The van der Waals surface area contributed by atoms with Crippen LogP contribution in [0.2, 0.25) is 0 Å². The highest BCUT2D eigenvalue weighted by Gasteiger charge is 2.49. The Kier molecular flexibility index (Phi) is 12.3. The van der Waals surface area contributed by atoms with E-state index in [9.17, 15) is 24.3 Å². The van der Waals surface area contributed by atoms with Gasteiger partial charge in [-0.15, -0.1) is 0 Å². The summed E-state index contributed by atoms with van der Waals surface area (Å²) in [7, 11) is 1.21. The van der Waals surface area contributed by atoms with Crippen molar-refractivity contribution in [1.29, 1.82) is 0 Å². The van der Waals surface area contributed by atoms with Gasteiger partial charge in [0.1, 0.15) is 0 Å². The van der Waals surface area contributed by atoms with Crippen molar-refractivity contribution in [1.82, 2.24) is 10.0 Å². The highest BCUT2D eigenvalue weighted by atomic mass is 79.9. The number of esters is 1. The molecular formula is C31H40BrN3O6. The number of hydrogen-bond donors (Lipinski definition) is 2. The van der Waals surface area contributed by atoms with Crippen LogP contribution in [0.1, 0.15) is 62.5 Å². The summed E-state index contributed by atoms with van der Waals surface area (Å²) in [5.74, 6) is -3.25. The minimum absolute atomic E-state index is 0.0221. The van der Waals surface area contributed by atoms with E-state index >= 15 is 0 Å². The van der Waals surface area contributed by atoms with Crippen LogP contribution in [0, 0.1) is 0 Å². The molecule has 0 heterocycles. The van der Waals surface area contributed by atoms with Crippen molar-refractivity contribution in [3.05, 3.63) is 71.8 Å². The number of unbranched alkanes of at least 4 members (excludes halogenated alkanes) is 2. The summed E-state index contributed by atoms with van der Waals surface area (Å²) in [6, 6.07) is 15.2. The maximum Gasteiger partial charge on any atom is 0.331 e. The lowest BCUT2D eigenvalue weighted by molar-refractivity contribution is -0.190. The second kappa shape index (κ2) is 15.7. The van der Waals surface area contributed by atoms with Crippen molar-refractivity contribution in [3.8, 4) is 0 Å². The number of hydrogen-bond acceptors (Lipinski definition) is 6. The molecule has 1 fully saturated rings. The summed E-state index contributed by atoms with van der Waals surface area (Å²) >= 11 is 3.40. The number of aliphatic carboxylic acids is 1. The van der Waals surface area contributed by atoms with Gasteiger partial charge < -0.3 is 15.6 Å². The fraction of sp³-hybridized carbons (Fsp3) is 0.484. The third-order valence-electron chi connectivity index (χ3n) is 7.53. The number of carbonyl (C=O) groups excluding carboxylic acids is 3. The molecule has 0 radical (unpaired) electrons. The van der Waals surface area contributed by atoms with Crippen molar-refractivity contribution >= 4 is 39.7 Å². The zero-order chi connectivity index (χ0) is 29.8. The van der Waals surface area contributed by atoms with Crippen molar-refractivity contribution in [2.75, 3.05) is 12.4 Å². The smallest absolute Gasteiger partial charge is 0.331 e. The summed E-state index contributed by atoms with van der Waals surface area (Å²) in [6.45, 7) is 0. The van der Waals surface area contributed by atoms with Gasteiger partial charge in [0.05, 0.1) is 12.6 Å².